The van der Waals surface area contributed by atoms with Gasteiger partial charge in [-0.05, 0) is 75.4 Å². The van der Waals surface area contributed by atoms with Gasteiger partial charge in [0.05, 0.1) is 30.0 Å². The largest absolute Gasteiger partial charge is 0.491 e. The first kappa shape index (κ1) is 36.1. The Kier molecular flexibility index (Phi) is 13.3. The van der Waals surface area contributed by atoms with E-state index in [1.54, 1.807) is 0 Å². The molecule has 0 amide bonds. The summed E-state index contributed by atoms with van der Waals surface area (Å²) in [4.78, 5) is 11.7. The van der Waals surface area contributed by atoms with Gasteiger partial charge < -0.3 is 24.1 Å². The fourth-order valence-corrected chi connectivity index (χ4v) is 5.90. The van der Waals surface area contributed by atoms with Crippen LogP contribution in [0, 0.1) is 11.8 Å². The molecule has 0 unspecified atom stereocenters. The first-order chi connectivity index (χ1) is 19.4. The number of halogens is 3. The van der Waals surface area contributed by atoms with Crippen LogP contribution in [0.5, 0.6) is 5.75 Å². The van der Waals surface area contributed by atoms with Crippen LogP contribution >= 0.6 is 0 Å². The molecule has 1 aromatic carbocycles. The number of unbranched alkanes of at least 4 members (excludes halogenated alkanes) is 1. The molecule has 238 valence electrons. The Bertz CT molecular complexity index is 1050. The third-order valence-corrected chi connectivity index (χ3v) is 12.5. The van der Waals surface area contributed by atoms with Crippen LogP contribution in [0.2, 0.25) is 18.1 Å². The van der Waals surface area contributed by atoms with Gasteiger partial charge >= 0.3 is 12.1 Å². The minimum absolute atomic E-state index is 0.000494. The van der Waals surface area contributed by atoms with Crippen molar-refractivity contribution in [2.75, 3.05) is 6.61 Å². The molecule has 1 aliphatic rings. The van der Waals surface area contributed by atoms with Gasteiger partial charge in [-0.25, -0.2) is 0 Å². The smallest absolute Gasteiger partial charge is 0.416 e. The zero-order chi connectivity index (χ0) is 31.7. The highest BCUT2D eigenvalue weighted by molar-refractivity contribution is 6.74. The van der Waals surface area contributed by atoms with E-state index in [0.29, 0.717) is 25.7 Å². The molecule has 1 aliphatic carbocycles. The van der Waals surface area contributed by atoms with Gasteiger partial charge in [0.2, 0.25) is 0 Å². The summed E-state index contributed by atoms with van der Waals surface area (Å²) in [5, 5.41) is 21.3. The summed E-state index contributed by atoms with van der Waals surface area (Å²) in [5.41, 5.74) is -0.785. The number of rotatable bonds is 14. The topological polar surface area (TPSA) is 85.2 Å². The maximum absolute atomic E-state index is 13.2. The van der Waals surface area contributed by atoms with Gasteiger partial charge in [0, 0.05) is 18.8 Å². The number of benzene rings is 1. The SMILES string of the molecule is CC(C)OC(=O)CCC/C=C\C[C@@H]1[C@@H](/C=C/[C@H](COc2cccc(C(F)(F)F)c2)O[Si](C)(C)C(C)(C)C)[C@H](O)C[C@@H]1O. The quantitative estimate of drug-likeness (QED) is 0.0980. The number of aliphatic hydroxyl groups excluding tert-OH is 2. The van der Waals surface area contributed by atoms with Crippen molar-refractivity contribution < 1.29 is 42.1 Å². The lowest BCUT2D eigenvalue weighted by atomic mass is 9.89. The zero-order valence-corrected chi connectivity index (χ0v) is 27.0. The summed E-state index contributed by atoms with van der Waals surface area (Å²) in [6, 6.07) is 4.76. The molecule has 1 fully saturated rings. The Morgan fingerprint density at radius 1 is 1.12 bits per heavy atom. The highest BCUT2D eigenvalue weighted by atomic mass is 28.4. The summed E-state index contributed by atoms with van der Waals surface area (Å²) in [5.74, 6) is -0.663. The average molecular weight is 615 g/mol. The molecule has 0 spiro atoms. The third-order valence-electron chi connectivity index (χ3n) is 7.99. The average Bonchev–Trinajstić information content (AvgIpc) is 3.13. The molecular formula is C32H49F3O6Si. The number of esters is 1. The summed E-state index contributed by atoms with van der Waals surface area (Å²) < 4.78 is 57.0. The number of hydrogen-bond acceptors (Lipinski definition) is 6. The molecular weight excluding hydrogens is 565 g/mol. The number of hydrogen-bond donors (Lipinski definition) is 2. The standard InChI is InChI=1S/C32H49F3O6Si/c1-22(2)40-30(38)16-11-9-8-10-15-26-27(29(37)20-28(26)36)18-17-25(41-42(6,7)31(3,4)5)21-39-24-14-12-13-23(19-24)32(33,34)35/h8,10,12-14,17-19,22,25-29,36-37H,9,11,15-16,20-21H2,1-7H3/b10-8-,18-17+/t25-,26-,27-,28+,29-/m1/s1. The Labute approximate surface area is 250 Å². The van der Waals surface area contributed by atoms with Gasteiger partial charge in [-0.3, -0.25) is 4.79 Å². The van der Waals surface area contributed by atoms with Crippen molar-refractivity contribution in [1.82, 2.24) is 0 Å². The van der Waals surface area contributed by atoms with Gasteiger partial charge in [-0.1, -0.05) is 51.1 Å². The molecule has 0 radical (unpaired) electrons. The second-order valence-corrected chi connectivity index (χ2v) is 17.6. The predicted molar refractivity (Wildman–Crippen MR) is 161 cm³/mol. The molecule has 42 heavy (non-hydrogen) atoms. The van der Waals surface area contributed by atoms with E-state index in [4.69, 9.17) is 13.9 Å². The molecule has 0 bridgehead atoms. The number of alkyl halides is 3. The second kappa shape index (κ2) is 15.5. The van der Waals surface area contributed by atoms with E-state index in [2.05, 4.69) is 33.9 Å². The fourth-order valence-electron chi connectivity index (χ4n) is 4.64. The molecule has 10 heteroatoms. The minimum Gasteiger partial charge on any atom is -0.491 e. The third kappa shape index (κ3) is 11.5. The van der Waals surface area contributed by atoms with E-state index in [1.807, 2.05) is 38.2 Å². The number of carbonyl (C=O) groups excluding carboxylic acids is 1. The van der Waals surface area contributed by atoms with Crippen LogP contribution in [0.3, 0.4) is 0 Å². The van der Waals surface area contributed by atoms with Crippen LogP contribution in [0.1, 0.15) is 72.3 Å². The predicted octanol–water partition coefficient (Wildman–Crippen LogP) is 7.46. The van der Waals surface area contributed by atoms with Gasteiger partial charge in [0.25, 0.3) is 0 Å². The van der Waals surface area contributed by atoms with Gasteiger partial charge in [-0.2, -0.15) is 13.2 Å². The van der Waals surface area contributed by atoms with E-state index in [-0.39, 0.29) is 47.7 Å². The van der Waals surface area contributed by atoms with Gasteiger partial charge in [0.15, 0.2) is 8.32 Å². The monoisotopic (exact) mass is 614 g/mol. The molecule has 0 saturated heterocycles. The normalized spacial score (nSPS) is 22.8. The Morgan fingerprint density at radius 3 is 2.43 bits per heavy atom. The van der Waals surface area contributed by atoms with Crippen LogP contribution in [0.4, 0.5) is 13.2 Å². The molecule has 0 heterocycles. The van der Waals surface area contributed by atoms with Crippen molar-refractivity contribution in [2.45, 2.75) is 115 Å². The number of aliphatic hydroxyl groups is 2. The van der Waals surface area contributed by atoms with Crippen molar-refractivity contribution in [3.63, 3.8) is 0 Å². The molecule has 2 rings (SSSR count). The van der Waals surface area contributed by atoms with E-state index < -0.39 is 38.4 Å². The fraction of sp³-hybridized carbons (Fsp3) is 0.656. The summed E-state index contributed by atoms with van der Waals surface area (Å²) in [6.07, 6.45) is 3.56. The highest BCUT2D eigenvalue weighted by Crippen LogP contribution is 2.39. The molecule has 1 saturated carbocycles. The maximum atomic E-state index is 13.2. The lowest BCUT2D eigenvalue weighted by Crippen LogP contribution is -2.45. The van der Waals surface area contributed by atoms with Crippen molar-refractivity contribution in [2.24, 2.45) is 11.8 Å². The highest BCUT2D eigenvalue weighted by Gasteiger charge is 2.41. The first-order valence-electron chi connectivity index (χ1n) is 14.8. The lowest BCUT2D eigenvalue weighted by molar-refractivity contribution is -0.147. The summed E-state index contributed by atoms with van der Waals surface area (Å²) >= 11 is 0. The van der Waals surface area contributed by atoms with Crippen LogP contribution in [0.25, 0.3) is 0 Å². The van der Waals surface area contributed by atoms with Crippen LogP contribution < -0.4 is 4.74 Å². The summed E-state index contributed by atoms with van der Waals surface area (Å²) in [7, 11) is -2.29. The molecule has 1 aromatic rings. The molecule has 5 atom stereocenters. The van der Waals surface area contributed by atoms with E-state index >= 15 is 0 Å². The second-order valence-electron chi connectivity index (χ2n) is 12.9. The summed E-state index contributed by atoms with van der Waals surface area (Å²) in [6.45, 7) is 14.1. The van der Waals surface area contributed by atoms with Crippen LogP contribution in [-0.2, 0) is 20.1 Å². The van der Waals surface area contributed by atoms with Crippen molar-refractivity contribution in [3.05, 3.63) is 54.1 Å². The Morgan fingerprint density at radius 2 is 1.81 bits per heavy atom. The van der Waals surface area contributed by atoms with E-state index in [1.165, 1.54) is 12.1 Å². The van der Waals surface area contributed by atoms with Crippen molar-refractivity contribution in [1.29, 1.82) is 0 Å². The van der Waals surface area contributed by atoms with Crippen LogP contribution in [-0.4, -0.2) is 55.5 Å². The maximum Gasteiger partial charge on any atom is 0.416 e. The zero-order valence-electron chi connectivity index (χ0n) is 26.0. The molecule has 6 nitrogen and oxygen atoms in total. The van der Waals surface area contributed by atoms with Crippen molar-refractivity contribution >= 4 is 14.3 Å². The van der Waals surface area contributed by atoms with Gasteiger partial charge in [-0.15, -0.1) is 0 Å². The molecule has 0 aromatic heterocycles. The van der Waals surface area contributed by atoms with E-state index in [0.717, 1.165) is 12.1 Å². The first-order valence-corrected chi connectivity index (χ1v) is 17.7. The number of allylic oxidation sites excluding steroid dienone is 2. The Hall–Kier alpha value is -2.14. The molecule has 2 N–H and O–H groups in total. The minimum atomic E-state index is -4.47. The molecule has 0 aliphatic heterocycles. The van der Waals surface area contributed by atoms with Gasteiger partial charge in [0.1, 0.15) is 12.4 Å². The lowest BCUT2D eigenvalue weighted by Gasteiger charge is -2.38. The number of ether oxygens (including phenoxy) is 2. The number of carbonyl (C=O) groups is 1. The van der Waals surface area contributed by atoms with Crippen molar-refractivity contribution in [3.8, 4) is 5.75 Å². The van der Waals surface area contributed by atoms with E-state index in [9.17, 15) is 28.2 Å². The Balaban J connectivity index is 2.11. The van der Waals surface area contributed by atoms with Crippen LogP contribution in [0.15, 0.2) is 48.6 Å².